The van der Waals surface area contributed by atoms with Crippen LogP contribution < -0.4 is 15.4 Å². The Morgan fingerprint density at radius 2 is 1.78 bits per heavy atom. The lowest BCUT2D eigenvalue weighted by Crippen LogP contribution is -2.60. The number of hydrogen-bond acceptors (Lipinski definition) is 9. The number of nitrogens with zero attached hydrogens (tertiary/aromatic N) is 1. The Morgan fingerprint density at radius 1 is 1.09 bits per heavy atom. The third kappa shape index (κ3) is 8.91. The average Bonchev–Trinajstić information content (AvgIpc) is 3.99. The molecular formula is C36H45F5N4O9S. The minimum absolute atomic E-state index is 0.00324. The highest BCUT2D eigenvalue weighted by Crippen LogP contribution is 2.48. The molecule has 13 nitrogen and oxygen atoms in total. The topological polar surface area (TPSA) is 177 Å². The third-order valence-electron chi connectivity index (χ3n) is 10.9. The fourth-order valence-corrected chi connectivity index (χ4v) is 8.46. The molecule has 0 aromatic heterocycles. The number of halogens is 5. The van der Waals surface area contributed by atoms with Crippen LogP contribution in [-0.2, 0) is 33.9 Å². The maximum atomic E-state index is 14.5. The standard InChI is InChI=1S/C36H45F5N4O9S/c1-20-8-5-6-10-23-17-35(23,31(49)44-55(51,52)34(19-37)12-13-34)43-28(46)26-16-25(53-30(48)22-9-7-11-24(38)15-22)18-45(26)29(47)27(21(2)14-20)42-32(50)54-33(3,4)36(39,40)41/h6-7,9-11,15,20-21,23,25-27H,5,8,12-14,16-19H2,1-4H3,(H,42,50)(H,43,46)(H,44,49)/t20-,21+,23+,25+,26-,27-,35+/m0/s1. The Hall–Kier alpha value is -4.29. The van der Waals surface area contributed by atoms with Gasteiger partial charge in [0.2, 0.25) is 27.4 Å². The van der Waals surface area contributed by atoms with E-state index in [2.05, 4.69) is 10.6 Å². The lowest BCUT2D eigenvalue weighted by molar-refractivity contribution is -0.244. The van der Waals surface area contributed by atoms with Crippen LogP contribution >= 0.6 is 0 Å². The van der Waals surface area contributed by atoms with Crippen molar-refractivity contribution in [2.24, 2.45) is 17.8 Å². The summed E-state index contributed by atoms with van der Waals surface area (Å²) in [5.74, 6) is -6.30. The minimum Gasteiger partial charge on any atom is -0.457 e. The van der Waals surface area contributed by atoms with Crippen molar-refractivity contribution < 1.29 is 63.8 Å². The number of esters is 1. The van der Waals surface area contributed by atoms with Crippen molar-refractivity contribution in [1.82, 2.24) is 20.3 Å². The van der Waals surface area contributed by atoms with Gasteiger partial charge in [-0.2, -0.15) is 13.2 Å². The Kier molecular flexibility index (Phi) is 11.7. The van der Waals surface area contributed by atoms with Crippen LogP contribution in [-0.4, -0.2) is 96.6 Å². The first-order valence-corrected chi connectivity index (χ1v) is 19.5. The molecule has 55 heavy (non-hydrogen) atoms. The van der Waals surface area contributed by atoms with Crippen molar-refractivity contribution >= 4 is 39.8 Å². The van der Waals surface area contributed by atoms with Crippen molar-refractivity contribution in [3.05, 3.63) is 47.8 Å². The molecule has 2 aliphatic heterocycles. The number of allylic oxidation sites excluding steroid dienone is 1. The van der Waals surface area contributed by atoms with Gasteiger partial charge in [-0.15, -0.1) is 0 Å². The first-order chi connectivity index (χ1) is 25.5. The molecule has 3 N–H and O–H groups in total. The van der Waals surface area contributed by atoms with E-state index in [4.69, 9.17) is 9.47 Å². The van der Waals surface area contributed by atoms with Crippen LogP contribution in [0, 0.1) is 23.6 Å². The van der Waals surface area contributed by atoms with Gasteiger partial charge in [-0.05, 0) is 82.4 Å². The van der Waals surface area contributed by atoms with Crippen molar-refractivity contribution in [2.75, 3.05) is 13.2 Å². The zero-order valence-electron chi connectivity index (χ0n) is 30.7. The van der Waals surface area contributed by atoms with Gasteiger partial charge >= 0.3 is 18.2 Å². The van der Waals surface area contributed by atoms with Crippen LogP contribution in [0.3, 0.4) is 0 Å². The fourth-order valence-electron chi connectivity index (χ4n) is 7.03. The molecule has 3 fully saturated rings. The quantitative estimate of drug-likeness (QED) is 0.197. The normalized spacial score (nSPS) is 29.7. The zero-order valence-corrected chi connectivity index (χ0v) is 31.5. The molecule has 304 valence electrons. The SMILES string of the molecule is C[C@H]1CCC=C[C@@H]2C[C@@]2(C(=O)NS(=O)(=O)C2(CF)CC2)NC(=O)[C@@H]2C[C@@H](OC(=O)c3cccc(F)c3)CN2C(=O)[C@@H](NC(=O)OC(C)(C)C(F)(F)F)[C@H](C)C1. The number of alkyl halides is 4. The number of alkyl carbamates (subject to hydrolysis) is 1. The molecule has 2 aliphatic carbocycles. The predicted octanol–water partition coefficient (Wildman–Crippen LogP) is 4.22. The number of carbonyl (C=O) groups is 5. The maximum absolute atomic E-state index is 14.5. The summed E-state index contributed by atoms with van der Waals surface area (Å²) >= 11 is 0. The van der Waals surface area contributed by atoms with E-state index in [1.54, 1.807) is 19.1 Å². The zero-order chi connectivity index (χ0) is 40.7. The van der Waals surface area contributed by atoms with Crippen LogP contribution in [0.1, 0.15) is 83.0 Å². The summed E-state index contributed by atoms with van der Waals surface area (Å²) in [7, 11) is -4.50. The van der Waals surface area contributed by atoms with Gasteiger partial charge in [0.05, 0.1) is 12.1 Å². The molecule has 1 saturated heterocycles. The van der Waals surface area contributed by atoms with Gasteiger partial charge in [-0.1, -0.05) is 32.1 Å². The Bertz CT molecular complexity index is 1840. The largest absolute Gasteiger partial charge is 0.457 e. The molecule has 2 heterocycles. The first kappa shape index (κ1) is 41.9. The molecule has 1 aromatic carbocycles. The lowest BCUT2D eigenvalue weighted by atomic mass is 9.88. The van der Waals surface area contributed by atoms with Crippen molar-refractivity contribution in [2.45, 2.75) is 113 Å². The molecule has 4 aliphatic rings. The van der Waals surface area contributed by atoms with E-state index in [-0.39, 0.29) is 43.6 Å². The summed E-state index contributed by atoms with van der Waals surface area (Å²) < 4.78 is 105. The Morgan fingerprint density at radius 3 is 2.40 bits per heavy atom. The van der Waals surface area contributed by atoms with Gasteiger partial charge in [-0.25, -0.2) is 26.8 Å². The van der Waals surface area contributed by atoms with E-state index in [1.807, 2.05) is 11.6 Å². The number of sulfonamides is 1. The second-order valence-corrected chi connectivity index (χ2v) is 17.7. The molecule has 0 unspecified atom stereocenters. The summed E-state index contributed by atoms with van der Waals surface area (Å²) in [5.41, 5.74) is -4.95. The van der Waals surface area contributed by atoms with E-state index in [1.165, 1.54) is 12.1 Å². The lowest BCUT2D eigenvalue weighted by Gasteiger charge is -2.34. The molecule has 0 spiro atoms. The van der Waals surface area contributed by atoms with Crippen LogP contribution in [0.15, 0.2) is 36.4 Å². The summed E-state index contributed by atoms with van der Waals surface area (Å²) in [5, 5.41) is 4.86. The monoisotopic (exact) mass is 804 g/mol. The van der Waals surface area contributed by atoms with Crippen molar-refractivity contribution in [3.8, 4) is 0 Å². The van der Waals surface area contributed by atoms with E-state index in [0.29, 0.717) is 26.7 Å². The molecule has 5 rings (SSSR count). The fraction of sp³-hybridized carbons (Fsp3) is 0.639. The van der Waals surface area contributed by atoms with E-state index >= 15 is 0 Å². The highest BCUT2D eigenvalue weighted by molar-refractivity contribution is 7.91. The second-order valence-electron chi connectivity index (χ2n) is 15.6. The van der Waals surface area contributed by atoms with Crippen LogP contribution in [0.5, 0.6) is 0 Å². The molecule has 2 saturated carbocycles. The van der Waals surface area contributed by atoms with E-state index in [0.717, 1.165) is 17.0 Å². The van der Waals surface area contributed by atoms with Gasteiger partial charge in [0.25, 0.3) is 5.91 Å². The molecule has 19 heteroatoms. The van der Waals surface area contributed by atoms with Gasteiger partial charge < -0.3 is 25.0 Å². The van der Waals surface area contributed by atoms with Gasteiger partial charge in [0, 0.05) is 12.3 Å². The Balaban J connectivity index is 1.49. The molecule has 7 atom stereocenters. The summed E-state index contributed by atoms with van der Waals surface area (Å²) in [4.78, 5) is 69.4. The number of nitrogens with one attached hydrogen (secondary N) is 3. The maximum Gasteiger partial charge on any atom is 0.427 e. The van der Waals surface area contributed by atoms with Crippen LogP contribution in [0.25, 0.3) is 0 Å². The molecule has 0 bridgehead atoms. The second kappa shape index (κ2) is 15.3. The van der Waals surface area contributed by atoms with Crippen LogP contribution in [0.2, 0.25) is 0 Å². The summed E-state index contributed by atoms with van der Waals surface area (Å²) in [6, 6.07) is 1.48. The van der Waals surface area contributed by atoms with E-state index < -0.39 is 111 Å². The summed E-state index contributed by atoms with van der Waals surface area (Å²) in [6.07, 6.45) is -3.47. The number of benzene rings is 1. The average molecular weight is 805 g/mol. The number of ether oxygens (including phenoxy) is 2. The number of amides is 4. The molecule has 0 radical (unpaired) electrons. The number of rotatable bonds is 8. The smallest absolute Gasteiger partial charge is 0.427 e. The number of carbonyl (C=O) groups excluding carboxylic acids is 5. The van der Waals surface area contributed by atoms with E-state index in [9.17, 15) is 54.3 Å². The predicted molar refractivity (Wildman–Crippen MR) is 185 cm³/mol. The highest BCUT2D eigenvalue weighted by atomic mass is 32.2. The first-order valence-electron chi connectivity index (χ1n) is 18.0. The minimum atomic E-state index is -4.96. The molecular weight excluding hydrogens is 759 g/mol. The molecule has 1 aromatic rings. The third-order valence-corrected chi connectivity index (χ3v) is 13.0. The van der Waals surface area contributed by atoms with Gasteiger partial charge in [0.15, 0.2) is 0 Å². The van der Waals surface area contributed by atoms with Crippen molar-refractivity contribution in [3.63, 3.8) is 0 Å². The van der Waals surface area contributed by atoms with Crippen LogP contribution in [0.4, 0.5) is 26.7 Å². The summed E-state index contributed by atoms with van der Waals surface area (Å²) in [6.45, 7) is 3.03. The van der Waals surface area contributed by atoms with Gasteiger partial charge in [0.1, 0.15) is 41.0 Å². The number of hydrogen-bond donors (Lipinski definition) is 3. The van der Waals surface area contributed by atoms with Gasteiger partial charge in [-0.3, -0.25) is 19.1 Å². The number of fused-ring (bicyclic) bond motifs is 2. The Labute approximate surface area is 315 Å². The van der Waals surface area contributed by atoms with Crippen molar-refractivity contribution in [1.29, 1.82) is 0 Å². The highest BCUT2D eigenvalue weighted by Gasteiger charge is 2.64. The molecule has 4 amide bonds.